The number of carbonyl (C=O) groups is 1. The first-order chi connectivity index (χ1) is 12.0. The summed E-state index contributed by atoms with van der Waals surface area (Å²) in [6.45, 7) is 2.61. The molecule has 2 aromatic rings. The topological polar surface area (TPSA) is 94.6 Å². The second kappa shape index (κ2) is 7.25. The molecule has 0 bridgehead atoms. The molecule has 0 aliphatic carbocycles. The minimum atomic E-state index is -0.525. The number of non-ortho nitro benzene ring substituents is 1. The number of benzene rings is 1. The lowest BCUT2D eigenvalue weighted by atomic mass is 10.1. The minimum absolute atomic E-state index is 0.0162. The number of nitrogens with zero attached hydrogens (tertiary/aromatic N) is 1. The quantitative estimate of drug-likeness (QED) is 0.643. The standard InChI is InChI=1S/C17H17ClN2O5/c1-10(14-3-2-8-24-14)19-17(21)16-7-6-15(25-16)12-5-4-11(20(22)23)9-13(12)18/h4-7,9-10,14H,2-3,8H2,1H3,(H,19,21)/t10-,14-/m1/s1. The molecule has 1 N–H and O–H groups in total. The predicted octanol–water partition coefficient (Wildman–Crippen LogP) is 3.81. The van der Waals surface area contributed by atoms with Crippen molar-refractivity contribution in [2.45, 2.75) is 31.9 Å². The average molecular weight is 365 g/mol. The summed E-state index contributed by atoms with van der Waals surface area (Å²) >= 11 is 6.09. The van der Waals surface area contributed by atoms with Crippen molar-refractivity contribution >= 4 is 23.2 Å². The molecular formula is C17H17ClN2O5. The molecule has 1 aliphatic rings. The summed E-state index contributed by atoms with van der Waals surface area (Å²) in [5.74, 6) is 0.177. The van der Waals surface area contributed by atoms with Crippen LogP contribution in [-0.2, 0) is 4.74 Å². The summed E-state index contributed by atoms with van der Waals surface area (Å²) in [7, 11) is 0. The van der Waals surface area contributed by atoms with E-state index in [0.29, 0.717) is 17.9 Å². The highest BCUT2D eigenvalue weighted by Gasteiger charge is 2.25. The van der Waals surface area contributed by atoms with E-state index in [1.807, 2.05) is 6.92 Å². The van der Waals surface area contributed by atoms with Crippen molar-refractivity contribution in [2.75, 3.05) is 6.61 Å². The zero-order valence-electron chi connectivity index (χ0n) is 13.5. The molecule has 1 aromatic heterocycles. The first-order valence-corrected chi connectivity index (χ1v) is 8.30. The van der Waals surface area contributed by atoms with Crippen LogP contribution in [0, 0.1) is 10.1 Å². The molecule has 1 saturated heterocycles. The Labute approximate surface area is 149 Å². The Bertz CT molecular complexity index is 798. The van der Waals surface area contributed by atoms with Gasteiger partial charge in [-0.1, -0.05) is 11.6 Å². The molecule has 2 atom stereocenters. The molecule has 1 amide bonds. The van der Waals surface area contributed by atoms with E-state index < -0.39 is 4.92 Å². The van der Waals surface area contributed by atoms with Crippen LogP contribution >= 0.6 is 11.6 Å². The van der Waals surface area contributed by atoms with E-state index in [9.17, 15) is 14.9 Å². The number of carbonyl (C=O) groups excluding carboxylic acids is 1. The lowest BCUT2D eigenvalue weighted by Gasteiger charge is -2.19. The molecule has 8 heteroatoms. The number of nitro benzene ring substituents is 1. The largest absolute Gasteiger partial charge is 0.451 e. The van der Waals surface area contributed by atoms with Gasteiger partial charge in [-0.3, -0.25) is 14.9 Å². The van der Waals surface area contributed by atoms with Gasteiger partial charge in [0.25, 0.3) is 11.6 Å². The molecule has 1 fully saturated rings. The molecule has 0 unspecified atom stereocenters. The zero-order valence-corrected chi connectivity index (χ0v) is 14.3. The SMILES string of the molecule is C[C@@H](NC(=O)c1ccc(-c2ccc([N+](=O)[O-])cc2Cl)o1)[C@H]1CCCO1. The second-order valence-corrected chi connectivity index (χ2v) is 6.31. The third-order valence-corrected chi connectivity index (χ3v) is 4.45. The number of nitrogens with one attached hydrogen (secondary N) is 1. The van der Waals surface area contributed by atoms with Crippen molar-refractivity contribution < 1.29 is 18.9 Å². The lowest BCUT2D eigenvalue weighted by molar-refractivity contribution is -0.384. The number of amides is 1. The van der Waals surface area contributed by atoms with Crippen molar-refractivity contribution in [3.8, 4) is 11.3 Å². The van der Waals surface area contributed by atoms with Gasteiger partial charge < -0.3 is 14.5 Å². The number of furan rings is 1. The van der Waals surface area contributed by atoms with Gasteiger partial charge in [0.05, 0.1) is 22.1 Å². The van der Waals surface area contributed by atoms with Gasteiger partial charge >= 0.3 is 0 Å². The summed E-state index contributed by atoms with van der Waals surface area (Å²) in [5, 5.41) is 13.8. The zero-order chi connectivity index (χ0) is 18.0. The van der Waals surface area contributed by atoms with Crippen LogP contribution in [0.4, 0.5) is 5.69 Å². The fraction of sp³-hybridized carbons (Fsp3) is 0.353. The van der Waals surface area contributed by atoms with Crippen molar-refractivity contribution in [1.29, 1.82) is 0 Å². The Morgan fingerprint density at radius 2 is 2.20 bits per heavy atom. The molecule has 3 rings (SSSR count). The third kappa shape index (κ3) is 3.83. The van der Waals surface area contributed by atoms with E-state index in [1.54, 1.807) is 12.1 Å². The summed E-state index contributed by atoms with van der Waals surface area (Å²) in [6, 6.07) is 7.12. The molecule has 1 aromatic carbocycles. The summed E-state index contributed by atoms with van der Waals surface area (Å²) < 4.78 is 11.1. The third-order valence-electron chi connectivity index (χ3n) is 4.14. The summed E-state index contributed by atoms with van der Waals surface area (Å²) in [6.07, 6.45) is 1.93. The second-order valence-electron chi connectivity index (χ2n) is 5.90. The van der Waals surface area contributed by atoms with E-state index in [1.165, 1.54) is 18.2 Å². The smallest absolute Gasteiger partial charge is 0.287 e. The molecular weight excluding hydrogens is 348 g/mol. The van der Waals surface area contributed by atoms with E-state index in [-0.39, 0.29) is 34.5 Å². The number of ether oxygens (including phenoxy) is 1. The molecule has 132 valence electrons. The minimum Gasteiger partial charge on any atom is -0.451 e. The maximum atomic E-state index is 12.3. The van der Waals surface area contributed by atoms with Crippen molar-refractivity contribution in [3.05, 3.63) is 51.2 Å². The van der Waals surface area contributed by atoms with Gasteiger partial charge in [0.2, 0.25) is 0 Å². The van der Waals surface area contributed by atoms with Gasteiger partial charge in [-0.05, 0) is 38.0 Å². The van der Waals surface area contributed by atoms with Gasteiger partial charge in [-0.25, -0.2) is 0 Å². The van der Waals surface area contributed by atoms with E-state index >= 15 is 0 Å². The number of rotatable bonds is 5. The van der Waals surface area contributed by atoms with Gasteiger partial charge in [-0.15, -0.1) is 0 Å². The highest BCUT2D eigenvalue weighted by Crippen LogP contribution is 2.32. The molecule has 7 nitrogen and oxygen atoms in total. The number of hydrogen-bond donors (Lipinski definition) is 1. The monoisotopic (exact) mass is 364 g/mol. The lowest BCUT2D eigenvalue weighted by Crippen LogP contribution is -2.40. The maximum absolute atomic E-state index is 12.3. The molecule has 0 saturated carbocycles. The summed E-state index contributed by atoms with van der Waals surface area (Å²) in [5.41, 5.74) is 0.377. The van der Waals surface area contributed by atoms with E-state index in [4.69, 9.17) is 20.8 Å². The highest BCUT2D eigenvalue weighted by atomic mass is 35.5. The Kier molecular flexibility index (Phi) is 5.06. The van der Waals surface area contributed by atoms with Crippen molar-refractivity contribution in [1.82, 2.24) is 5.32 Å². The van der Waals surface area contributed by atoms with Gasteiger partial charge in [0.1, 0.15) is 5.76 Å². The first-order valence-electron chi connectivity index (χ1n) is 7.92. The molecule has 0 spiro atoms. The fourth-order valence-electron chi connectivity index (χ4n) is 2.79. The van der Waals surface area contributed by atoms with Gasteiger partial charge in [0.15, 0.2) is 5.76 Å². The number of nitro groups is 1. The number of halogens is 1. The molecule has 1 aliphatic heterocycles. The van der Waals surface area contributed by atoms with Gasteiger partial charge in [0, 0.05) is 24.3 Å². The van der Waals surface area contributed by atoms with Crippen LogP contribution in [0.15, 0.2) is 34.7 Å². The van der Waals surface area contributed by atoms with Crippen LogP contribution < -0.4 is 5.32 Å². The maximum Gasteiger partial charge on any atom is 0.287 e. The normalized spacial score (nSPS) is 18.1. The number of hydrogen-bond acceptors (Lipinski definition) is 5. The van der Waals surface area contributed by atoms with Gasteiger partial charge in [-0.2, -0.15) is 0 Å². The van der Waals surface area contributed by atoms with Crippen LogP contribution in [0.5, 0.6) is 0 Å². The van der Waals surface area contributed by atoms with Crippen molar-refractivity contribution in [2.24, 2.45) is 0 Å². The molecule has 25 heavy (non-hydrogen) atoms. The van der Waals surface area contributed by atoms with Crippen molar-refractivity contribution in [3.63, 3.8) is 0 Å². The highest BCUT2D eigenvalue weighted by molar-refractivity contribution is 6.33. The Balaban J connectivity index is 1.73. The molecule has 2 heterocycles. The van der Waals surface area contributed by atoms with Crippen LogP contribution in [0.2, 0.25) is 5.02 Å². The first kappa shape index (κ1) is 17.4. The Hall–Kier alpha value is -2.38. The predicted molar refractivity (Wildman–Crippen MR) is 91.7 cm³/mol. The van der Waals surface area contributed by atoms with Crippen LogP contribution in [0.25, 0.3) is 11.3 Å². The van der Waals surface area contributed by atoms with Crippen LogP contribution in [0.1, 0.15) is 30.3 Å². The average Bonchev–Trinajstić information content (AvgIpc) is 3.26. The Morgan fingerprint density at radius 3 is 2.84 bits per heavy atom. The fourth-order valence-corrected chi connectivity index (χ4v) is 3.06. The van der Waals surface area contributed by atoms with E-state index in [0.717, 1.165) is 12.8 Å². The summed E-state index contributed by atoms with van der Waals surface area (Å²) in [4.78, 5) is 22.5. The van der Waals surface area contributed by atoms with Crippen LogP contribution in [-0.4, -0.2) is 29.6 Å². The van der Waals surface area contributed by atoms with E-state index in [2.05, 4.69) is 5.32 Å². The Morgan fingerprint density at radius 1 is 1.40 bits per heavy atom. The van der Waals surface area contributed by atoms with Crippen LogP contribution in [0.3, 0.4) is 0 Å². The molecule has 0 radical (unpaired) electrons.